The number of aromatic carboxylic acids is 1. The molecule has 0 saturated heterocycles. The molecule has 1 aromatic rings. The molecule has 0 aliphatic heterocycles. The summed E-state index contributed by atoms with van der Waals surface area (Å²) in [5.74, 6) is -1.63. The fourth-order valence-electron chi connectivity index (χ4n) is 1.13. The Morgan fingerprint density at radius 1 is 1.60 bits per heavy atom. The first-order chi connectivity index (χ1) is 6.97. The van der Waals surface area contributed by atoms with Crippen LogP contribution in [0.1, 0.15) is 28.0 Å². The van der Waals surface area contributed by atoms with Gasteiger partial charge in [0.25, 0.3) is 6.43 Å². The van der Waals surface area contributed by atoms with Crippen molar-refractivity contribution in [2.24, 2.45) is 5.73 Å². The summed E-state index contributed by atoms with van der Waals surface area (Å²) in [5, 5.41) is 8.74. The molecular formula is C8H9F2N3O2. The maximum Gasteiger partial charge on any atom is 0.336 e. The quantitative estimate of drug-likeness (QED) is 0.693. The highest BCUT2D eigenvalue weighted by Gasteiger charge is 2.18. The van der Waals surface area contributed by atoms with E-state index in [0.717, 1.165) is 6.07 Å². The van der Waals surface area contributed by atoms with Crippen molar-refractivity contribution in [2.75, 3.05) is 5.73 Å². The minimum Gasteiger partial charge on any atom is -0.478 e. The number of hydrogen-bond acceptors (Lipinski definition) is 4. The molecule has 0 aliphatic rings. The summed E-state index contributed by atoms with van der Waals surface area (Å²) < 4.78 is 24.6. The van der Waals surface area contributed by atoms with Gasteiger partial charge in [0.1, 0.15) is 11.5 Å². The van der Waals surface area contributed by atoms with E-state index >= 15 is 0 Å². The highest BCUT2D eigenvalue weighted by atomic mass is 19.3. The van der Waals surface area contributed by atoms with Gasteiger partial charge in [-0.05, 0) is 6.07 Å². The summed E-state index contributed by atoms with van der Waals surface area (Å²) in [6.07, 6.45) is -2.86. The van der Waals surface area contributed by atoms with E-state index in [1.54, 1.807) is 0 Å². The number of rotatable bonds is 3. The van der Waals surface area contributed by atoms with Gasteiger partial charge >= 0.3 is 5.97 Å². The second kappa shape index (κ2) is 4.18. The van der Waals surface area contributed by atoms with E-state index in [9.17, 15) is 13.6 Å². The van der Waals surface area contributed by atoms with Crippen molar-refractivity contribution in [2.45, 2.75) is 13.0 Å². The van der Waals surface area contributed by atoms with Crippen molar-refractivity contribution in [1.29, 1.82) is 0 Å². The van der Waals surface area contributed by atoms with Gasteiger partial charge in [-0.15, -0.1) is 0 Å². The van der Waals surface area contributed by atoms with Gasteiger partial charge < -0.3 is 16.6 Å². The second-order valence-electron chi connectivity index (χ2n) is 2.77. The lowest BCUT2D eigenvalue weighted by Crippen LogP contribution is -2.13. The Labute approximate surface area is 83.7 Å². The highest BCUT2D eigenvalue weighted by Crippen LogP contribution is 2.23. The van der Waals surface area contributed by atoms with Gasteiger partial charge in [0.05, 0.1) is 5.56 Å². The monoisotopic (exact) mass is 217 g/mol. The number of carboxylic acids is 1. The molecule has 5 N–H and O–H groups in total. The van der Waals surface area contributed by atoms with Crippen LogP contribution in [0, 0.1) is 0 Å². The third-order valence-electron chi connectivity index (χ3n) is 1.83. The SMILES string of the molecule is NCc1c(C(=O)O)cc(C(F)F)nc1N. The largest absolute Gasteiger partial charge is 0.478 e. The molecule has 0 atom stereocenters. The average Bonchev–Trinajstić information content (AvgIpc) is 2.16. The van der Waals surface area contributed by atoms with Crippen LogP contribution in [0.4, 0.5) is 14.6 Å². The van der Waals surface area contributed by atoms with Crippen LogP contribution in [-0.4, -0.2) is 16.1 Å². The third kappa shape index (κ3) is 2.18. The zero-order chi connectivity index (χ0) is 11.6. The number of hydrogen-bond donors (Lipinski definition) is 3. The Balaban J connectivity index is 3.38. The normalized spacial score (nSPS) is 10.7. The third-order valence-corrected chi connectivity index (χ3v) is 1.83. The number of carbonyl (C=O) groups is 1. The van der Waals surface area contributed by atoms with Crippen molar-refractivity contribution in [3.63, 3.8) is 0 Å². The molecule has 5 nitrogen and oxygen atoms in total. The van der Waals surface area contributed by atoms with Gasteiger partial charge in [0, 0.05) is 12.1 Å². The van der Waals surface area contributed by atoms with Crippen molar-refractivity contribution >= 4 is 11.8 Å². The molecule has 1 heterocycles. The van der Waals surface area contributed by atoms with E-state index in [2.05, 4.69) is 4.98 Å². The minimum atomic E-state index is -2.86. The molecule has 0 amide bonds. The van der Waals surface area contributed by atoms with E-state index in [1.165, 1.54) is 0 Å². The molecule has 0 aliphatic carbocycles. The number of halogens is 2. The number of aromatic nitrogens is 1. The summed E-state index contributed by atoms with van der Waals surface area (Å²) in [7, 11) is 0. The molecule has 0 radical (unpaired) electrons. The lowest BCUT2D eigenvalue weighted by Gasteiger charge is -2.09. The number of carboxylic acid groups (broad SMARTS) is 1. The highest BCUT2D eigenvalue weighted by molar-refractivity contribution is 5.90. The fraction of sp³-hybridized carbons (Fsp3) is 0.250. The van der Waals surface area contributed by atoms with E-state index in [-0.39, 0.29) is 23.5 Å². The van der Waals surface area contributed by atoms with Gasteiger partial charge in [0.15, 0.2) is 0 Å². The van der Waals surface area contributed by atoms with Crippen LogP contribution < -0.4 is 11.5 Å². The number of anilines is 1. The molecule has 0 spiro atoms. The maximum absolute atomic E-state index is 12.3. The standard InChI is InChI=1S/C8H9F2N3O2/c9-6(10)5-1-3(8(14)15)4(2-11)7(12)13-5/h1,6H,2,11H2,(H2,12,13)(H,14,15). The molecule has 0 bridgehead atoms. The first-order valence-electron chi connectivity index (χ1n) is 3.98. The van der Waals surface area contributed by atoms with Gasteiger partial charge in [-0.25, -0.2) is 18.6 Å². The topological polar surface area (TPSA) is 102 Å². The number of pyridine rings is 1. The van der Waals surface area contributed by atoms with Crippen LogP contribution in [0.5, 0.6) is 0 Å². The molecule has 1 rings (SSSR count). The molecule has 82 valence electrons. The first-order valence-corrected chi connectivity index (χ1v) is 3.98. The number of nitrogens with zero attached hydrogens (tertiary/aromatic N) is 1. The average molecular weight is 217 g/mol. The van der Waals surface area contributed by atoms with Gasteiger partial charge in [-0.3, -0.25) is 0 Å². The Bertz CT molecular complexity index is 396. The van der Waals surface area contributed by atoms with E-state index < -0.39 is 18.1 Å². The summed E-state index contributed by atoms with van der Waals surface area (Å²) in [6, 6.07) is 0.783. The molecular weight excluding hydrogens is 208 g/mol. The fourth-order valence-corrected chi connectivity index (χ4v) is 1.13. The predicted molar refractivity (Wildman–Crippen MR) is 48.5 cm³/mol. The Kier molecular flexibility index (Phi) is 3.15. The molecule has 7 heteroatoms. The maximum atomic E-state index is 12.3. The van der Waals surface area contributed by atoms with Crippen molar-refractivity contribution < 1.29 is 18.7 Å². The van der Waals surface area contributed by atoms with Crippen LogP contribution >= 0.6 is 0 Å². The summed E-state index contributed by atoms with van der Waals surface area (Å²) in [6.45, 7) is -0.163. The molecule has 0 aromatic carbocycles. The van der Waals surface area contributed by atoms with Crippen LogP contribution in [0.3, 0.4) is 0 Å². The Morgan fingerprint density at radius 2 is 2.20 bits per heavy atom. The lowest BCUT2D eigenvalue weighted by molar-refractivity contribution is 0.0695. The molecule has 15 heavy (non-hydrogen) atoms. The predicted octanol–water partition coefficient (Wildman–Crippen LogP) is 0.758. The number of nitrogens with two attached hydrogens (primary N) is 2. The van der Waals surface area contributed by atoms with E-state index in [0.29, 0.717) is 0 Å². The summed E-state index contributed by atoms with van der Waals surface area (Å²) in [4.78, 5) is 14.1. The van der Waals surface area contributed by atoms with Gasteiger partial charge in [0.2, 0.25) is 0 Å². The summed E-state index contributed by atoms with van der Waals surface area (Å²) in [5.41, 5.74) is 9.63. The van der Waals surface area contributed by atoms with Crippen LogP contribution in [0.2, 0.25) is 0 Å². The first kappa shape index (κ1) is 11.3. The Hall–Kier alpha value is -1.76. The van der Waals surface area contributed by atoms with Crippen molar-refractivity contribution in [3.05, 3.63) is 22.9 Å². The van der Waals surface area contributed by atoms with E-state index in [1.807, 2.05) is 0 Å². The summed E-state index contributed by atoms with van der Waals surface area (Å²) >= 11 is 0. The molecule has 0 saturated carbocycles. The minimum absolute atomic E-state index is 0.0619. The van der Waals surface area contributed by atoms with Gasteiger partial charge in [-0.1, -0.05) is 0 Å². The number of nitrogen functional groups attached to an aromatic ring is 1. The Morgan fingerprint density at radius 3 is 2.60 bits per heavy atom. The zero-order valence-corrected chi connectivity index (χ0v) is 7.58. The van der Waals surface area contributed by atoms with Gasteiger partial charge in [-0.2, -0.15) is 0 Å². The van der Waals surface area contributed by atoms with Crippen molar-refractivity contribution in [1.82, 2.24) is 4.98 Å². The van der Waals surface area contributed by atoms with Crippen LogP contribution in [0.25, 0.3) is 0 Å². The van der Waals surface area contributed by atoms with Crippen LogP contribution in [-0.2, 0) is 6.54 Å². The second-order valence-corrected chi connectivity index (χ2v) is 2.77. The molecule has 1 aromatic heterocycles. The lowest BCUT2D eigenvalue weighted by atomic mass is 10.1. The zero-order valence-electron chi connectivity index (χ0n) is 7.58. The smallest absolute Gasteiger partial charge is 0.336 e. The van der Waals surface area contributed by atoms with Crippen LogP contribution in [0.15, 0.2) is 6.07 Å². The molecule has 0 fully saturated rings. The molecule has 0 unspecified atom stereocenters. The number of alkyl halides is 2. The van der Waals surface area contributed by atoms with Crippen molar-refractivity contribution in [3.8, 4) is 0 Å². The van der Waals surface area contributed by atoms with E-state index in [4.69, 9.17) is 16.6 Å².